The molecule has 0 amide bonds. The van der Waals surface area contributed by atoms with Crippen molar-refractivity contribution >= 4 is 21.8 Å². The van der Waals surface area contributed by atoms with Gasteiger partial charge in [-0.25, -0.2) is 0 Å². The van der Waals surface area contributed by atoms with Crippen LogP contribution in [-0.2, 0) is 27.2 Å². The molecule has 6 aromatic rings. The van der Waals surface area contributed by atoms with Gasteiger partial charge in [0.2, 0.25) is 0 Å². The average molecular weight is 583 g/mol. The van der Waals surface area contributed by atoms with Crippen LogP contribution in [0.5, 0.6) is 0 Å². The van der Waals surface area contributed by atoms with Gasteiger partial charge in [0.1, 0.15) is 0 Å². The summed E-state index contributed by atoms with van der Waals surface area (Å²) < 4.78 is 0. The zero-order valence-electron chi connectivity index (χ0n) is 24.6. The second kappa shape index (κ2) is 14.3. The van der Waals surface area contributed by atoms with E-state index < -0.39 is 0 Å². The maximum absolute atomic E-state index is 2.30. The zero-order chi connectivity index (χ0) is 29.2. The molecule has 0 atom stereocenters. The highest BCUT2D eigenvalue weighted by atomic mass is 32.2. The molecule has 208 valence electrons. The third kappa shape index (κ3) is 7.64. The standard InChI is InChI=1S/C22H23S.C18H15S/c1-22(2,3)18-14-16-21(17-15-18)23(19-10-6-4-7-11-19)20-12-8-5-9-13-20;1-4-10-16(11-5-1)19(17-12-6-2-7-13-17)18-14-8-3-9-15-18/h4-17H,1-3H3;1-15H/q2*+1. The van der Waals surface area contributed by atoms with Gasteiger partial charge < -0.3 is 0 Å². The Balaban J connectivity index is 0.000000171. The summed E-state index contributed by atoms with van der Waals surface area (Å²) in [5.74, 6) is 0. The number of hydrogen-bond acceptors (Lipinski definition) is 0. The molecular weight excluding hydrogens is 545 g/mol. The lowest BCUT2D eigenvalue weighted by Gasteiger charge is -2.19. The predicted molar refractivity (Wildman–Crippen MR) is 182 cm³/mol. The summed E-state index contributed by atoms with van der Waals surface area (Å²) in [5, 5.41) is 0. The van der Waals surface area contributed by atoms with E-state index in [1.165, 1.54) is 34.9 Å². The second-order valence-electron chi connectivity index (χ2n) is 11.0. The fraction of sp³-hybridized carbons (Fsp3) is 0.100. The Hall–Kier alpha value is -3.98. The SMILES string of the molecule is CC(C)(C)c1ccc([S+](c2ccccc2)c2ccccc2)cc1.c1ccc([S+](c2ccccc2)c2ccccc2)cc1. The molecule has 0 aliphatic heterocycles. The minimum absolute atomic E-state index is 0.0146. The molecule has 2 heteroatoms. The van der Waals surface area contributed by atoms with Gasteiger partial charge in [0, 0.05) is 0 Å². The van der Waals surface area contributed by atoms with Crippen LogP contribution < -0.4 is 0 Å². The van der Waals surface area contributed by atoms with E-state index in [9.17, 15) is 0 Å². The fourth-order valence-electron chi connectivity index (χ4n) is 4.69. The highest BCUT2D eigenvalue weighted by Gasteiger charge is 2.29. The third-order valence-corrected chi connectivity index (χ3v) is 11.3. The molecule has 0 aromatic heterocycles. The first kappa shape index (κ1) is 29.5. The van der Waals surface area contributed by atoms with Crippen LogP contribution in [0.4, 0.5) is 0 Å². The summed E-state index contributed by atoms with van der Waals surface area (Å²) in [6.45, 7) is 6.78. The van der Waals surface area contributed by atoms with Gasteiger partial charge in [-0.1, -0.05) is 124 Å². The van der Waals surface area contributed by atoms with Gasteiger partial charge in [0.05, 0.1) is 21.8 Å². The van der Waals surface area contributed by atoms with Gasteiger partial charge in [-0.2, -0.15) is 0 Å². The molecule has 0 saturated heterocycles. The Kier molecular flexibility index (Phi) is 10.0. The van der Waals surface area contributed by atoms with E-state index >= 15 is 0 Å². The Labute approximate surface area is 257 Å². The quantitative estimate of drug-likeness (QED) is 0.171. The van der Waals surface area contributed by atoms with Crippen molar-refractivity contribution in [1.29, 1.82) is 0 Å². The van der Waals surface area contributed by atoms with Crippen LogP contribution >= 0.6 is 0 Å². The molecule has 0 fully saturated rings. The molecule has 0 radical (unpaired) electrons. The average Bonchev–Trinajstić information content (AvgIpc) is 3.04. The summed E-state index contributed by atoms with van der Waals surface area (Å²) >= 11 is 0. The third-order valence-electron chi connectivity index (χ3n) is 6.85. The number of benzene rings is 6. The second-order valence-corrected chi connectivity index (χ2v) is 15.0. The smallest absolute Gasteiger partial charge is 0.0619 e. The van der Waals surface area contributed by atoms with Gasteiger partial charge >= 0.3 is 0 Å². The van der Waals surface area contributed by atoms with Crippen molar-refractivity contribution in [3.8, 4) is 0 Å². The predicted octanol–water partition coefficient (Wildman–Crippen LogP) is 10.9. The van der Waals surface area contributed by atoms with Crippen LogP contribution in [0.2, 0.25) is 0 Å². The number of rotatable bonds is 6. The molecule has 0 N–H and O–H groups in total. The highest BCUT2D eigenvalue weighted by molar-refractivity contribution is 7.97. The van der Waals surface area contributed by atoms with Crippen molar-refractivity contribution in [2.45, 2.75) is 55.6 Å². The molecule has 0 spiro atoms. The minimum Gasteiger partial charge on any atom is -0.0619 e. The first-order chi connectivity index (χ1) is 20.5. The highest BCUT2D eigenvalue weighted by Crippen LogP contribution is 2.33. The number of hydrogen-bond donors (Lipinski definition) is 0. The lowest BCUT2D eigenvalue weighted by Crippen LogP contribution is -2.11. The topological polar surface area (TPSA) is 0 Å². The molecule has 0 heterocycles. The van der Waals surface area contributed by atoms with Gasteiger partial charge in [0.15, 0.2) is 29.4 Å². The first-order valence-corrected chi connectivity index (χ1v) is 16.8. The van der Waals surface area contributed by atoms with E-state index in [1.807, 2.05) is 0 Å². The van der Waals surface area contributed by atoms with Crippen molar-refractivity contribution in [3.63, 3.8) is 0 Å². The maximum Gasteiger partial charge on any atom is 0.166 e. The first-order valence-electron chi connectivity index (χ1n) is 14.3. The van der Waals surface area contributed by atoms with Crippen LogP contribution in [0, 0.1) is 0 Å². The lowest BCUT2D eigenvalue weighted by atomic mass is 9.87. The van der Waals surface area contributed by atoms with E-state index in [-0.39, 0.29) is 27.2 Å². The molecule has 0 saturated carbocycles. The van der Waals surface area contributed by atoms with Crippen molar-refractivity contribution in [2.75, 3.05) is 0 Å². The van der Waals surface area contributed by atoms with Gasteiger partial charge in [0.25, 0.3) is 0 Å². The summed E-state index contributed by atoms with van der Waals surface area (Å²) in [6.07, 6.45) is 0. The zero-order valence-corrected chi connectivity index (χ0v) is 26.2. The van der Waals surface area contributed by atoms with Crippen LogP contribution in [0.3, 0.4) is 0 Å². The molecule has 0 unspecified atom stereocenters. The molecule has 6 rings (SSSR count). The van der Waals surface area contributed by atoms with E-state index in [2.05, 4.69) is 197 Å². The van der Waals surface area contributed by atoms with E-state index in [1.54, 1.807) is 0 Å². The fourth-order valence-corrected chi connectivity index (χ4v) is 8.88. The molecular formula is C40H38S2+2. The van der Waals surface area contributed by atoms with Gasteiger partial charge in [-0.15, -0.1) is 0 Å². The Morgan fingerprint density at radius 3 is 0.714 bits per heavy atom. The van der Waals surface area contributed by atoms with E-state index in [0.717, 1.165) is 0 Å². The summed E-state index contributed by atoms with van der Waals surface area (Å²) in [7, 11) is -0.0643. The van der Waals surface area contributed by atoms with Crippen LogP contribution in [0.25, 0.3) is 0 Å². The Bertz CT molecular complexity index is 1480. The van der Waals surface area contributed by atoms with E-state index in [0.29, 0.717) is 0 Å². The van der Waals surface area contributed by atoms with Gasteiger partial charge in [-0.3, -0.25) is 0 Å². The van der Waals surface area contributed by atoms with Crippen molar-refractivity contribution in [2.24, 2.45) is 0 Å². The summed E-state index contributed by atoms with van der Waals surface area (Å²) in [4.78, 5) is 8.18. The monoisotopic (exact) mass is 582 g/mol. The van der Waals surface area contributed by atoms with Crippen molar-refractivity contribution in [1.82, 2.24) is 0 Å². The molecule has 0 bridgehead atoms. The van der Waals surface area contributed by atoms with E-state index in [4.69, 9.17) is 0 Å². The summed E-state index contributed by atoms with van der Waals surface area (Å²) in [6, 6.07) is 62.9. The van der Waals surface area contributed by atoms with Crippen LogP contribution in [0.15, 0.2) is 205 Å². The minimum atomic E-state index is -0.0497. The van der Waals surface area contributed by atoms with Gasteiger partial charge in [-0.05, 0) is 83.8 Å². The molecule has 0 aliphatic rings. The van der Waals surface area contributed by atoms with Crippen LogP contribution in [0.1, 0.15) is 26.3 Å². The molecule has 6 aromatic carbocycles. The largest absolute Gasteiger partial charge is 0.166 e. The van der Waals surface area contributed by atoms with Crippen molar-refractivity contribution in [3.05, 3.63) is 181 Å². The molecule has 42 heavy (non-hydrogen) atoms. The molecule has 0 nitrogen and oxygen atoms in total. The Morgan fingerprint density at radius 1 is 0.286 bits per heavy atom. The molecule has 0 aliphatic carbocycles. The lowest BCUT2D eigenvalue weighted by molar-refractivity contribution is 0.589. The Morgan fingerprint density at radius 2 is 0.500 bits per heavy atom. The van der Waals surface area contributed by atoms with Crippen LogP contribution in [-0.4, -0.2) is 0 Å². The van der Waals surface area contributed by atoms with Crippen molar-refractivity contribution < 1.29 is 0 Å². The maximum atomic E-state index is 2.30. The summed E-state index contributed by atoms with van der Waals surface area (Å²) in [5.41, 5.74) is 1.57. The normalized spacial score (nSPS) is 11.2.